The number of carbonyl (C=O) groups excluding carboxylic acids is 1. The highest BCUT2D eigenvalue weighted by molar-refractivity contribution is 5.91. The molecule has 0 fully saturated rings. The number of pyridine rings is 1. The Morgan fingerprint density at radius 2 is 2.26 bits per heavy atom. The largest absolute Gasteiger partial charge is 0.453 e. The molecule has 0 aliphatic carbocycles. The van der Waals surface area contributed by atoms with Gasteiger partial charge in [-0.1, -0.05) is 0 Å². The molecule has 0 radical (unpaired) electrons. The van der Waals surface area contributed by atoms with E-state index in [1.807, 2.05) is 12.1 Å². The summed E-state index contributed by atoms with van der Waals surface area (Å²) in [5, 5.41) is 11.7. The second-order valence-corrected chi connectivity index (χ2v) is 6.53. The molecule has 140 valence electrons. The van der Waals surface area contributed by atoms with E-state index in [-0.39, 0.29) is 11.9 Å². The zero-order chi connectivity index (χ0) is 18.6. The van der Waals surface area contributed by atoms with Crippen molar-refractivity contribution in [2.75, 3.05) is 7.11 Å². The van der Waals surface area contributed by atoms with E-state index in [9.17, 15) is 4.79 Å². The van der Waals surface area contributed by atoms with Crippen molar-refractivity contribution in [1.82, 2.24) is 25.1 Å². The molecule has 1 N–H and O–H groups in total. The molecule has 3 aromatic heterocycles. The molecule has 0 aromatic carbocycles. The minimum Gasteiger partial charge on any atom is -0.453 e. The van der Waals surface area contributed by atoms with E-state index in [2.05, 4.69) is 25.1 Å². The molecule has 8 heteroatoms. The van der Waals surface area contributed by atoms with Gasteiger partial charge in [-0.25, -0.2) is 0 Å². The van der Waals surface area contributed by atoms with E-state index in [1.54, 1.807) is 31.6 Å². The van der Waals surface area contributed by atoms with Gasteiger partial charge in [0, 0.05) is 44.1 Å². The number of carbonyl (C=O) groups is 1. The zero-order valence-electron chi connectivity index (χ0n) is 15.1. The summed E-state index contributed by atoms with van der Waals surface area (Å²) < 4.78 is 12.6. The highest BCUT2D eigenvalue weighted by Crippen LogP contribution is 2.22. The quantitative estimate of drug-likeness (QED) is 0.743. The van der Waals surface area contributed by atoms with Crippen molar-refractivity contribution in [3.63, 3.8) is 0 Å². The molecule has 1 amide bonds. The predicted octanol–water partition coefficient (Wildman–Crippen LogP) is 2.21. The number of furan rings is 1. The summed E-state index contributed by atoms with van der Waals surface area (Å²) in [5.41, 5.74) is 0.944. The number of nitrogens with zero attached hydrogens (tertiary/aromatic N) is 4. The second kappa shape index (κ2) is 7.71. The van der Waals surface area contributed by atoms with E-state index >= 15 is 0 Å². The molecule has 1 atom stereocenters. The second-order valence-electron chi connectivity index (χ2n) is 6.53. The monoisotopic (exact) mass is 367 g/mol. The average molecular weight is 367 g/mol. The van der Waals surface area contributed by atoms with Crippen molar-refractivity contribution in [2.45, 2.75) is 38.5 Å². The number of aromatic nitrogens is 4. The number of rotatable bonds is 5. The third-order valence-corrected chi connectivity index (χ3v) is 4.67. The molecule has 1 aliphatic rings. The van der Waals surface area contributed by atoms with E-state index < -0.39 is 0 Å². The molecule has 0 spiro atoms. The van der Waals surface area contributed by atoms with Crippen LogP contribution in [0.25, 0.3) is 11.4 Å². The summed E-state index contributed by atoms with van der Waals surface area (Å²) in [5.74, 6) is 2.50. The Bertz CT molecular complexity index is 919. The minimum absolute atomic E-state index is 0.0527. The molecule has 27 heavy (non-hydrogen) atoms. The highest BCUT2D eigenvalue weighted by Gasteiger charge is 2.23. The van der Waals surface area contributed by atoms with Crippen LogP contribution in [0.5, 0.6) is 0 Å². The molecule has 4 rings (SSSR count). The summed E-state index contributed by atoms with van der Waals surface area (Å²) in [7, 11) is 1.59. The average Bonchev–Trinajstić information content (AvgIpc) is 3.27. The number of methoxy groups -OCH3 is 1. The van der Waals surface area contributed by atoms with Gasteiger partial charge in [-0.2, -0.15) is 0 Å². The van der Waals surface area contributed by atoms with Crippen LogP contribution in [0.2, 0.25) is 0 Å². The first-order valence-corrected chi connectivity index (χ1v) is 8.95. The standard InChI is InChI=1S/C19H21N5O3/c1-26-12-15-5-6-16(27-15)19(25)21-14-4-7-17-22-23-18(24(17)10-8-14)13-3-2-9-20-11-13/h2-3,5-6,9,11,14H,4,7-8,10,12H2,1H3,(H,21,25). The van der Waals surface area contributed by atoms with Crippen molar-refractivity contribution in [3.8, 4) is 11.4 Å². The smallest absolute Gasteiger partial charge is 0.287 e. The lowest BCUT2D eigenvalue weighted by molar-refractivity contribution is 0.0896. The van der Waals surface area contributed by atoms with Gasteiger partial charge in [-0.15, -0.1) is 10.2 Å². The first-order valence-electron chi connectivity index (χ1n) is 8.95. The van der Waals surface area contributed by atoms with E-state index in [4.69, 9.17) is 9.15 Å². The van der Waals surface area contributed by atoms with Crippen LogP contribution in [0.1, 0.15) is 35.0 Å². The van der Waals surface area contributed by atoms with Crippen molar-refractivity contribution in [2.24, 2.45) is 0 Å². The van der Waals surface area contributed by atoms with Gasteiger partial charge in [0.15, 0.2) is 11.6 Å². The maximum atomic E-state index is 12.5. The first-order chi connectivity index (χ1) is 13.2. The van der Waals surface area contributed by atoms with Crippen LogP contribution in [0.4, 0.5) is 0 Å². The molecule has 0 bridgehead atoms. The van der Waals surface area contributed by atoms with E-state index in [0.717, 1.165) is 43.0 Å². The van der Waals surface area contributed by atoms with Crippen LogP contribution in [0, 0.1) is 0 Å². The fourth-order valence-corrected chi connectivity index (χ4v) is 3.32. The molecular formula is C19H21N5O3. The summed E-state index contributed by atoms with van der Waals surface area (Å²) in [6.45, 7) is 1.09. The van der Waals surface area contributed by atoms with Crippen LogP contribution in [0.15, 0.2) is 41.1 Å². The van der Waals surface area contributed by atoms with Crippen molar-refractivity contribution in [3.05, 3.63) is 54.0 Å². The number of fused-ring (bicyclic) bond motifs is 1. The van der Waals surface area contributed by atoms with Crippen molar-refractivity contribution in [1.29, 1.82) is 0 Å². The Hall–Kier alpha value is -3.00. The normalized spacial score (nSPS) is 16.6. The lowest BCUT2D eigenvalue weighted by Crippen LogP contribution is -2.35. The van der Waals surface area contributed by atoms with Gasteiger partial charge >= 0.3 is 0 Å². The van der Waals surface area contributed by atoms with Gasteiger partial charge < -0.3 is 19.0 Å². The fourth-order valence-electron chi connectivity index (χ4n) is 3.32. The fraction of sp³-hybridized carbons (Fsp3) is 0.368. The third kappa shape index (κ3) is 3.75. The Kier molecular flexibility index (Phi) is 4.97. The molecule has 0 saturated heterocycles. The molecule has 4 heterocycles. The lowest BCUT2D eigenvalue weighted by atomic mass is 10.1. The van der Waals surface area contributed by atoms with Crippen LogP contribution >= 0.6 is 0 Å². The van der Waals surface area contributed by atoms with Crippen LogP contribution < -0.4 is 5.32 Å². The molecule has 3 aromatic rings. The summed E-state index contributed by atoms with van der Waals surface area (Å²) in [4.78, 5) is 16.6. The van der Waals surface area contributed by atoms with E-state index in [0.29, 0.717) is 18.1 Å². The van der Waals surface area contributed by atoms with Crippen LogP contribution in [0.3, 0.4) is 0 Å². The highest BCUT2D eigenvalue weighted by atomic mass is 16.5. The summed E-state index contributed by atoms with van der Waals surface area (Å²) in [6, 6.07) is 7.35. The van der Waals surface area contributed by atoms with E-state index in [1.165, 1.54) is 0 Å². The van der Waals surface area contributed by atoms with Crippen LogP contribution in [-0.4, -0.2) is 38.8 Å². The Morgan fingerprint density at radius 1 is 1.33 bits per heavy atom. The van der Waals surface area contributed by atoms with Gasteiger partial charge in [0.2, 0.25) is 0 Å². The number of aryl methyl sites for hydroxylation is 1. The predicted molar refractivity (Wildman–Crippen MR) is 96.9 cm³/mol. The molecular weight excluding hydrogens is 346 g/mol. The summed E-state index contributed by atoms with van der Waals surface area (Å²) >= 11 is 0. The molecule has 1 aliphatic heterocycles. The topological polar surface area (TPSA) is 95.1 Å². The van der Waals surface area contributed by atoms with Gasteiger partial charge in [-0.3, -0.25) is 9.78 Å². The Morgan fingerprint density at radius 3 is 3.07 bits per heavy atom. The zero-order valence-corrected chi connectivity index (χ0v) is 15.1. The lowest BCUT2D eigenvalue weighted by Gasteiger charge is -2.15. The SMILES string of the molecule is COCc1ccc(C(=O)NC2CCc3nnc(-c4cccnc4)n3CC2)o1. The minimum atomic E-state index is -0.201. The van der Waals surface area contributed by atoms with Gasteiger partial charge in [0.25, 0.3) is 5.91 Å². The number of nitrogens with one attached hydrogen (secondary N) is 1. The van der Waals surface area contributed by atoms with Crippen molar-refractivity contribution < 1.29 is 13.9 Å². The van der Waals surface area contributed by atoms with Gasteiger partial charge in [-0.05, 0) is 37.1 Å². The number of ether oxygens (including phenoxy) is 1. The number of amides is 1. The molecule has 0 saturated carbocycles. The summed E-state index contributed by atoms with van der Waals surface area (Å²) in [6.07, 6.45) is 5.89. The first kappa shape index (κ1) is 17.4. The maximum Gasteiger partial charge on any atom is 0.287 e. The molecule has 8 nitrogen and oxygen atoms in total. The maximum absolute atomic E-state index is 12.5. The third-order valence-electron chi connectivity index (χ3n) is 4.67. The number of hydrogen-bond donors (Lipinski definition) is 1. The van der Waals surface area contributed by atoms with Gasteiger partial charge in [0.1, 0.15) is 18.2 Å². The Balaban J connectivity index is 1.43. The van der Waals surface area contributed by atoms with Gasteiger partial charge in [0.05, 0.1) is 0 Å². The number of hydrogen-bond acceptors (Lipinski definition) is 6. The van der Waals surface area contributed by atoms with Crippen LogP contribution in [-0.2, 0) is 24.3 Å². The molecule has 1 unspecified atom stereocenters. The van der Waals surface area contributed by atoms with Crippen molar-refractivity contribution >= 4 is 5.91 Å². The Labute approximate surface area is 156 Å².